The molecule has 0 spiro atoms. The lowest BCUT2D eigenvalue weighted by atomic mass is 10.2. The third-order valence-corrected chi connectivity index (χ3v) is 2.53. The maximum Gasteiger partial charge on any atom is 0.258 e. The summed E-state index contributed by atoms with van der Waals surface area (Å²) >= 11 is 0. The van der Waals surface area contributed by atoms with Crippen molar-refractivity contribution in [2.75, 3.05) is 6.61 Å². The van der Waals surface area contributed by atoms with Gasteiger partial charge in [0.2, 0.25) is 0 Å². The Morgan fingerprint density at radius 1 is 1.25 bits per heavy atom. The molecule has 112 valence electrons. The molecular weight excluding hydrogens is 259 g/mol. The molecule has 5 heteroatoms. The van der Waals surface area contributed by atoms with E-state index in [4.69, 9.17) is 4.74 Å². The van der Waals surface area contributed by atoms with Crippen molar-refractivity contribution in [1.82, 2.24) is 10.6 Å². The van der Waals surface area contributed by atoms with Crippen LogP contribution in [0.4, 0.5) is 4.39 Å². The first-order valence-electron chi connectivity index (χ1n) is 6.82. The topological polar surface area (TPSA) is 50.4 Å². The molecular formula is C15H23FN2O2. The molecule has 0 fully saturated rings. The standard InChI is InChI=1S/C15H23FN2O2/c1-10(2)17-8-12-7-13(16)5-6-14(12)20-9-15(19)18-11(3)4/h5-7,10-11,17H,8-9H2,1-4H3,(H,18,19). The monoisotopic (exact) mass is 282 g/mol. The number of carbonyl (C=O) groups is 1. The molecule has 0 heterocycles. The molecule has 2 N–H and O–H groups in total. The summed E-state index contributed by atoms with van der Waals surface area (Å²) in [5, 5.41) is 5.94. The van der Waals surface area contributed by atoms with E-state index in [1.807, 2.05) is 27.7 Å². The molecule has 1 aromatic carbocycles. The van der Waals surface area contributed by atoms with E-state index < -0.39 is 0 Å². The van der Waals surface area contributed by atoms with Crippen LogP contribution in [-0.4, -0.2) is 24.6 Å². The van der Waals surface area contributed by atoms with Gasteiger partial charge in [-0.05, 0) is 32.0 Å². The van der Waals surface area contributed by atoms with Crippen molar-refractivity contribution in [3.8, 4) is 5.75 Å². The zero-order valence-electron chi connectivity index (χ0n) is 12.5. The number of nitrogens with one attached hydrogen (secondary N) is 2. The predicted molar refractivity (Wildman–Crippen MR) is 77.1 cm³/mol. The van der Waals surface area contributed by atoms with Gasteiger partial charge < -0.3 is 15.4 Å². The molecule has 0 aliphatic carbocycles. The first-order valence-corrected chi connectivity index (χ1v) is 6.82. The lowest BCUT2D eigenvalue weighted by molar-refractivity contribution is -0.123. The molecule has 0 saturated carbocycles. The predicted octanol–water partition coefficient (Wildman–Crippen LogP) is 2.23. The summed E-state index contributed by atoms with van der Waals surface area (Å²) < 4.78 is 18.7. The number of benzene rings is 1. The number of carbonyl (C=O) groups excluding carboxylic acids is 1. The third kappa shape index (κ3) is 6.02. The number of hydrogen-bond donors (Lipinski definition) is 2. The second-order valence-corrected chi connectivity index (χ2v) is 5.30. The molecule has 1 rings (SSSR count). The highest BCUT2D eigenvalue weighted by Crippen LogP contribution is 2.19. The van der Waals surface area contributed by atoms with Crippen molar-refractivity contribution in [3.05, 3.63) is 29.6 Å². The Hall–Kier alpha value is -1.62. The number of rotatable bonds is 7. The van der Waals surface area contributed by atoms with Gasteiger partial charge in [-0.3, -0.25) is 4.79 Å². The van der Waals surface area contributed by atoms with Crippen LogP contribution in [0.5, 0.6) is 5.75 Å². The minimum Gasteiger partial charge on any atom is -0.483 e. The molecule has 0 bridgehead atoms. The van der Waals surface area contributed by atoms with Crippen molar-refractivity contribution in [3.63, 3.8) is 0 Å². The van der Waals surface area contributed by atoms with E-state index in [0.717, 1.165) is 0 Å². The smallest absolute Gasteiger partial charge is 0.258 e. The highest BCUT2D eigenvalue weighted by atomic mass is 19.1. The summed E-state index contributed by atoms with van der Waals surface area (Å²) in [4.78, 5) is 11.5. The van der Waals surface area contributed by atoms with Crippen LogP contribution in [0.1, 0.15) is 33.3 Å². The van der Waals surface area contributed by atoms with E-state index in [2.05, 4.69) is 10.6 Å². The van der Waals surface area contributed by atoms with Gasteiger partial charge in [0, 0.05) is 24.2 Å². The van der Waals surface area contributed by atoms with E-state index >= 15 is 0 Å². The summed E-state index contributed by atoms with van der Waals surface area (Å²) in [6.45, 7) is 8.21. The van der Waals surface area contributed by atoms with Crippen molar-refractivity contribution in [1.29, 1.82) is 0 Å². The molecule has 0 aromatic heterocycles. The average molecular weight is 282 g/mol. The lowest BCUT2D eigenvalue weighted by Gasteiger charge is -2.14. The molecule has 20 heavy (non-hydrogen) atoms. The van der Waals surface area contributed by atoms with Gasteiger partial charge >= 0.3 is 0 Å². The Kier molecular flexibility index (Phi) is 6.45. The maximum atomic E-state index is 13.3. The summed E-state index contributed by atoms with van der Waals surface area (Å²) in [6, 6.07) is 4.66. The maximum absolute atomic E-state index is 13.3. The van der Waals surface area contributed by atoms with E-state index in [9.17, 15) is 9.18 Å². The average Bonchev–Trinajstić information content (AvgIpc) is 2.34. The second kappa shape index (κ2) is 7.85. The van der Waals surface area contributed by atoms with Gasteiger partial charge in [-0.2, -0.15) is 0 Å². The van der Waals surface area contributed by atoms with Gasteiger partial charge in [0.25, 0.3) is 5.91 Å². The van der Waals surface area contributed by atoms with Gasteiger partial charge in [-0.1, -0.05) is 13.8 Å². The Bertz CT molecular complexity index is 447. The summed E-state index contributed by atoms with van der Waals surface area (Å²) in [7, 11) is 0. The molecule has 1 amide bonds. The Morgan fingerprint density at radius 3 is 2.55 bits per heavy atom. The quantitative estimate of drug-likeness (QED) is 0.806. The molecule has 0 aliphatic rings. The SMILES string of the molecule is CC(C)NCc1cc(F)ccc1OCC(=O)NC(C)C. The summed E-state index contributed by atoms with van der Waals surface area (Å²) in [5.74, 6) is 0.0232. The molecule has 0 saturated heterocycles. The molecule has 0 aliphatic heterocycles. The lowest BCUT2D eigenvalue weighted by Crippen LogP contribution is -2.34. The second-order valence-electron chi connectivity index (χ2n) is 5.30. The van der Waals surface area contributed by atoms with Crippen molar-refractivity contribution < 1.29 is 13.9 Å². The van der Waals surface area contributed by atoms with Crippen LogP contribution in [0.3, 0.4) is 0 Å². The van der Waals surface area contributed by atoms with Gasteiger partial charge in [-0.25, -0.2) is 4.39 Å². The fourth-order valence-corrected chi connectivity index (χ4v) is 1.65. The van der Waals surface area contributed by atoms with Crippen molar-refractivity contribution in [2.45, 2.75) is 46.3 Å². The molecule has 0 radical (unpaired) electrons. The number of halogens is 1. The minimum absolute atomic E-state index is 0.0707. The van der Waals surface area contributed by atoms with Crippen LogP contribution in [0.2, 0.25) is 0 Å². The minimum atomic E-state index is -0.315. The summed E-state index contributed by atoms with van der Waals surface area (Å²) in [6.07, 6.45) is 0. The van der Waals surface area contributed by atoms with Crippen LogP contribution >= 0.6 is 0 Å². The zero-order valence-corrected chi connectivity index (χ0v) is 12.5. The summed E-state index contributed by atoms with van der Waals surface area (Å²) in [5.41, 5.74) is 0.705. The largest absolute Gasteiger partial charge is 0.483 e. The number of ether oxygens (including phenoxy) is 1. The zero-order chi connectivity index (χ0) is 15.1. The third-order valence-electron chi connectivity index (χ3n) is 2.53. The fourth-order valence-electron chi connectivity index (χ4n) is 1.65. The van der Waals surface area contributed by atoms with E-state index in [1.165, 1.54) is 12.1 Å². The van der Waals surface area contributed by atoms with Crippen LogP contribution in [-0.2, 0) is 11.3 Å². The van der Waals surface area contributed by atoms with E-state index in [0.29, 0.717) is 17.9 Å². The molecule has 1 aromatic rings. The van der Waals surface area contributed by atoms with Gasteiger partial charge in [-0.15, -0.1) is 0 Å². The molecule has 0 unspecified atom stereocenters. The van der Waals surface area contributed by atoms with Crippen LogP contribution in [0.15, 0.2) is 18.2 Å². The molecule has 0 atom stereocenters. The van der Waals surface area contributed by atoms with Crippen molar-refractivity contribution >= 4 is 5.91 Å². The van der Waals surface area contributed by atoms with Gasteiger partial charge in [0.1, 0.15) is 11.6 Å². The first kappa shape index (κ1) is 16.4. The normalized spacial score (nSPS) is 10.9. The van der Waals surface area contributed by atoms with Gasteiger partial charge in [0.05, 0.1) is 0 Å². The number of hydrogen-bond acceptors (Lipinski definition) is 3. The van der Waals surface area contributed by atoms with Crippen LogP contribution in [0, 0.1) is 5.82 Å². The highest BCUT2D eigenvalue weighted by Gasteiger charge is 2.09. The van der Waals surface area contributed by atoms with E-state index in [1.54, 1.807) is 6.07 Å². The Balaban J connectivity index is 2.66. The first-order chi connectivity index (χ1) is 9.38. The fraction of sp³-hybridized carbons (Fsp3) is 0.533. The number of amides is 1. The van der Waals surface area contributed by atoms with E-state index in [-0.39, 0.29) is 30.4 Å². The Morgan fingerprint density at radius 2 is 1.95 bits per heavy atom. The van der Waals surface area contributed by atoms with Crippen molar-refractivity contribution in [2.24, 2.45) is 0 Å². The highest BCUT2D eigenvalue weighted by molar-refractivity contribution is 5.77. The molecule has 4 nitrogen and oxygen atoms in total. The van der Waals surface area contributed by atoms with Crippen LogP contribution in [0.25, 0.3) is 0 Å². The Labute approximate surface area is 119 Å². The van der Waals surface area contributed by atoms with Gasteiger partial charge in [0.15, 0.2) is 6.61 Å². The van der Waals surface area contributed by atoms with Crippen LogP contribution < -0.4 is 15.4 Å².